The number of pyridine rings is 1. The van der Waals surface area contributed by atoms with Crippen molar-refractivity contribution in [3.63, 3.8) is 0 Å². The summed E-state index contributed by atoms with van der Waals surface area (Å²) in [5, 5.41) is 0. The summed E-state index contributed by atoms with van der Waals surface area (Å²) in [5.41, 5.74) is 6.36. The molecule has 0 saturated heterocycles. The third-order valence-electron chi connectivity index (χ3n) is 1.20. The van der Waals surface area contributed by atoms with Crippen LogP contribution in [0.4, 0.5) is 0 Å². The Bertz CT molecular complexity index is 241. The van der Waals surface area contributed by atoms with Crippen molar-refractivity contribution in [3.05, 3.63) is 34.6 Å². The van der Waals surface area contributed by atoms with E-state index >= 15 is 0 Å². The van der Waals surface area contributed by atoms with E-state index in [1.165, 1.54) is 0 Å². The molecule has 0 aliphatic rings. The number of nitrogens with zero attached hydrogens (tertiary/aromatic N) is 1. The van der Waals surface area contributed by atoms with Gasteiger partial charge in [-0.1, -0.05) is 18.2 Å². The summed E-state index contributed by atoms with van der Waals surface area (Å²) in [6, 6.07) is 3.87. The molecule has 11 heavy (non-hydrogen) atoms. The third kappa shape index (κ3) is 2.82. The van der Waals surface area contributed by atoms with E-state index in [9.17, 15) is 0 Å². The van der Waals surface area contributed by atoms with Crippen LogP contribution in [-0.2, 0) is 0 Å². The molecule has 2 nitrogen and oxygen atoms in total. The predicted molar refractivity (Wildman–Crippen MR) is 50.0 cm³/mol. The molecule has 0 bridgehead atoms. The average molecular weight is 213 g/mol. The maximum atomic E-state index is 5.29. The first kappa shape index (κ1) is 8.43. The van der Waals surface area contributed by atoms with E-state index in [0.29, 0.717) is 6.54 Å². The zero-order valence-electron chi connectivity index (χ0n) is 6.00. The van der Waals surface area contributed by atoms with Crippen LogP contribution in [0.25, 0.3) is 6.08 Å². The van der Waals surface area contributed by atoms with Crippen molar-refractivity contribution in [2.45, 2.75) is 0 Å². The largest absolute Gasteiger partial charge is 0.327 e. The Morgan fingerprint density at radius 2 is 2.36 bits per heavy atom. The lowest BCUT2D eigenvalue weighted by Crippen LogP contribution is -1.91. The molecule has 0 unspecified atom stereocenters. The van der Waals surface area contributed by atoms with E-state index in [1.807, 2.05) is 24.3 Å². The summed E-state index contributed by atoms with van der Waals surface area (Å²) in [6.07, 6.45) is 5.63. The molecular weight excluding hydrogens is 204 g/mol. The zero-order chi connectivity index (χ0) is 8.10. The van der Waals surface area contributed by atoms with Crippen LogP contribution in [-0.4, -0.2) is 11.5 Å². The Balaban J connectivity index is 2.73. The lowest BCUT2D eigenvalue weighted by Gasteiger charge is -1.91. The van der Waals surface area contributed by atoms with Gasteiger partial charge >= 0.3 is 0 Å². The maximum Gasteiger partial charge on any atom is 0.106 e. The van der Waals surface area contributed by atoms with Crippen molar-refractivity contribution in [2.24, 2.45) is 5.73 Å². The number of rotatable bonds is 2. The normalized spacial score (nSPS) is 10.7. The molecule has 1 heterocycles. The fraction of sp³-hybridized carbons (Fsp3) is 0.125. The predicted octanol–water partition coefficient (Wildman–Crippen LogP) is 1.82. The Hall–Kier alpha value is -0.670. The molecule has 1 aromatic rings. The SMILES string of the molecule is NC/C=C/c1ccc(Br)nc1. The summed E-state index contributed by atoms with van der Waals surface area (Å²) in [6.45, 7) is 0.566. The quantitative estimate of drug-likeness (QED) is 0.761. The van der Waals surface area contributed by atoms with Crippen LogP contribution >= 0.6 is 15.9 Å². The van der Waals surface area contributed by atoms with Gasteiger partial charge in [-0.2, -0.15) is 0 Å². The van der Waals surface area contributed by atoms with Gasteiger partial charge in [0.05, 0.1) is 0 Å². The molecule has 0 aliphatic carbocycles. The van der Waals surface area contributed by atoms with Crippen LogP contribution in [0.3, 0.4) is 0 Å². The smallest absolute Gasteiger partial charge is 0.106 e. The Kier molecular flexibility index (Phi) is 3.26. The first-order valence-corrected chi connectivity index (χ1v) is 4.10. The van der Waals surface area contributed by atoms with Gasteiger partial charge in [0, 0.05) is 12.7 Å². The van der Waals surface area contributed by atoms with Crippen LogP contribution in [0, 0.1) is 0 Å². The minimum atomic E-state index is 0.566. The molecule has 3 heteroatoms. The van der Waals surface area contributed by atoms with Gasteiger partial charge in [0.25, 0.3) is 0 Å². The van der Waals surface area contributed by atoms with Crippen LogP contribution in [0.15, 0.2) is 29.0 Å². The molecule has 2 N–H and O–H groups in total. The molecule has 0 saturated carbocycles. The average Bonchev–Trinajstić information content (AvgIpc) is 2.04. The topological polar surface area (TPSA) is 38.9 Å². The first-order chi connectivity index (χ1) is 5.33. The van der Waals surface area contributed by atoms with Crippen molar-refractivity contribution >= 4 is 22.0 Å². The highest BCUT2D eigenvalue weighted by Gasteiger charge is 1.86. The first-order valence-electron chi connectivity index (χ1n) is 3.31. The third-order valence-corrected chi connectivity index (χ3v) is 1.67. The number of nitrogens with two attached hydrogens (primary N) is 1. The molecular formula is C8H9BrN2. The van der Waals surface area contributed by atoms with Crippen LogP contribution < -0.4 is 5.73 Å². The molecule has 0 fully saturated rings. The fourth-order valence-electron chi connectivity index (χ4n) is 0.690. The van der Waals surface area contributed by atoms with Crippen molar-refractivity contribution in [2.75, 3.05) is 6.54 Å². The van der Waals surface area contributed by atoms with E-state index in [-0.39, 0.29) is 0 Å². The molecule has 0 amide bonds. The number of hydrogen-bond acceptors (Lipinski definition) is 2. The second-order valence-corrected chi connectivity index (χ2v) is 2.86. The number of aromatic nitrogens is 1. The summed E-state index contributed by atoms with van der Waals surface area (Å²) < 4.78 is 0.849. The minimum absolute atomic E-state index is 0.566. The van der Waals surface area contributed by atoms with Crippen LogP contribution in [0.2, 0.25) is 0 Å². The van der Waals surface area contributed by atoms with E-state index in [0.717, 1.165) is 10.2 Å². The van der Waals surface area contributed by atoms with Crippen LogP contribution in [0.1, 0.15) is 5.56 Å². The minimum Gasteiger partial charge on any atom is -0.327 e. The lowest BCUT2D eigenvalue weighted by molar-refractivity contribution is 1.25. The van der Waals surface area contributed by atoms with E-state index in [1.54, 1.807) is 6.20 Å². The number of hydrogen-bond donors (Lipinski definition) is 1. The molecule has 0 atom stereocenters. The van der Waals surface area contributed by atoms with Crippen molar-refractivity contribution in [3.8, 4) is 0 Å². The zero-order valence-corrected chi connectivity index (χ0v) is 7.58. The van der Waals surface area contributed by atoms with Gasteiger partial charge in [-0.25, -0.2) is 4.98 Å². The monoisotopic (exact) mass is 212 g/mol. The molecule has 1 rings (SSSR count). The van der Waals surface area contributed by atoms with Gasteiger partial charge in [-0.05, 0) is 27.6 Å². The molecule has 1 aromatic heterocycles. The van der Waals surface area contributed by atoms with E-state index in [2.05, 4.69) is 20.9 Å². The second kappa shape index (κ2) is 4.26. The standard InChI is InChI=1S/C8H9BrN2/c9-8-4-3-7(6-11-8)2-1-5-10/h1-4,6H,5,10H2/b2-1+. The molecule has 0 radical (unpaired) electrons. The lowest BCUT2D eigenvalue weighted by atomic mass is 10.3. The van der Waals surface area contributed by atoms with Crippen molar-refractivity contribution < 1.29 is 0 Å². The molecule has 0 aliphatic heterocycles. The van der Waals surface area contributed by atoms with Gasteiger partial charge in [-0.15, -0.1) is 0 Å². The maximum absolute atomic E-state index is 5.29. The van der Waals surface area contributed by atoms with Crippen molar-refractivity contribution in [1.82, 2.24) is 4.98 Å². The highest BCUT2D eigenvalue weighted by atomic mass is 79.9. The van der Waals surface area contributed by atoms with Gasteiger partial charge < -0.3 is 5.73 Å². The van der Waals surface area contributed by atoms with E-state index in [4.69, 9.17) is 5.73 Å². The highest BCUT2D eigenvalue weighted by molar-refractivity contribution is 9.10. The summed E-state index contributed by atoms with van der Waals surface area (Å²) in [7, 11) is 0. The summed E-state index contributed by atoms with van der Waals surface area (Å²) in [4.78, 5) is 4.06. The molecule has 58 valence electrons. The second-order valence-electron chi connectivity index (χ2n) is 2.05. The van der Waals surface area contributed by atoms with Crippen molar-refractivity contribution in [1.29, 1.82) is 0 Å². The van der Waals surface area contributed by atoms with Gasteiger partial charge in [0.1, 0.15) is 4.60 Å². The molecule has 0 aromatic carbocycles. The van der Waals surface area contributed by atoms with Gasteiger partial charge in [-0.3, -0.25) is 0 Å². The molecule has 0 spiro atoms. The van der Waals surface area contributed by atoms with Gasteiger partial charge in [0.2, 0.25) is 0 Å². The fourth-order valence-corrected chi connectivity index (χ4v) is 0.925. The summed E-state index contributed by atoms with van der Waals surface area (Å²) >= 11 is 3.25. The van der Waals surface area contributed by atoms with Crippen LogP contribution in [0.5, 0.6) is 0 Å². The summed E-state index contributed by atoms with van der Waals surface area (Å²) in [5.74, 6) is 0. The van der Waals surface area contributed by atoms with Gasteiger partial charge in [0.15, 0.2) is 0 Å². The Morgan fingerprint density at radius 3 is 2.91 bits per heavy atom. The Morgan fingerprint density at radius 1 is 1.55 bits per heavy atom. The number of halogens is 1. The Labute approximate surface area is 74.3 Å². The highest BCUT2D eigenvalue weighted by Crippen LogP contribution is 2.06. The van der Waals surface area contributed by atoms with E-state index < -0.39 is 0 Å².